The Labute approximate surface area is 217 Å². The standard InChI is InChI=1S/C25H27N3O4S3/c1-15-6-4-5-7-18(15)20-12-16(26-22(29)13-17-14-35-25(27-17)34-3)8-9-19(20)23(30)28-21(24(31)32)10-11-33-2/h4-9,12,14,21H,10-11,13H2,1-3H3,(H,26,29)(H,28,30)(H,31,32)/t21-/m0/s1. The summed E-state index contributed by atoms with van der Waals surface area (Å²) in [6, 6.07) is 11.7. The largest absolute Gasteiger partial charge is 0.480 e. The Kier molecular flexibility index (Phi) is 9.76. The molecular formula is C25H27N3O4S3. The number of nitrogens with zero attached hydrogens (tertiary/aromatic N) is 1. The van der Waals surface area contributed by atoms with Gasteiger partial charge in [-0.1, -0.05) is 36.0 Å². The highest BCUT2D eigenvalue weighted by Gasteiger charge is 2.23. The number of thiazole rings is 1. The number of anilines is 1. The number of aliphatic carboxylic acids is 1. The topological polar surface area (TPSA) is 108 Å². The number of hydrogen-bond donors (Lipinski definition) is 3. The molecule has 0 spiro atoms. The first kappa shape index (κ1) is 26.8. The van der Waals surface area contributed by atoms with Crippen molar-refractivity contribution in [1.29, 1.82) is 0 Å². The summed E-state index contributed by atoms with van der Waals surface area (Å²) in [6.45, 7) is 1.94. The molecule has 35 heavy (non-hydrogen) atoms. The summed E-state index contributed by atoms with van der Waals surface area (Å²) in [4.78, 5) is 41.8. The molecule has 1 atom stereocenters. The first-order chi connectivity index (χ1) is 16.8. The van der Waals surface area contributed by atoms with Crippen LogP contribution in [0.1, 0.15) is 28.0 Å². The minimum Gasteiger partial charge on any atom is -0.480 e. The van der Waals surface area contributed by atoms with Crippen LogP contribution < -0.4 is 10.6 Å². The zero-order valence-electron chi connectivity index (χ0n) is 19.7. The normalized spacial score (nSPS) is 11.6. The van der Waals surface area contributed by atoms with Crippen LogP contribution >= 0.6 is 34.9 Å². The van der Waals surface area contributed by atoms with Crippen LogP contribution in [0.4, 0.5) is 5.69 Å². The van der Waals surface area contributed by atoms with Gasteiger partial charge in [0.05, 0.1) is 12.1 Å². The van der Waals surface area contributed by atoms with E-state index in [1.54, 1.807) is 18.2 Å². The minimum absolute atomic E-state index is 0.148. The SMILES string of the molecule is CSCC[C@H](NC(=O)c1ccc(NC(=O)Cc2csc(SC)n2)cc1-c1ccccc1C)C(=O)O. The van der Waals surface area contributed by atoms with E-state index in [1.807, 2.05) is 49.1 Å². The van der Waals surface area contributed by atoms with Gasteiger partial charge in [0.25, 0.3) is 5.91 Å². The molecule has 3 rings (SSSR count). The molecule has 0 saturated carbocycles. The zero-order valence-corrected chi connectivity index (χ0v) is 22.1. The van der Waals surface area contributed by atoms with Gasteiger partial charge in [0, 0.05) is 16.6 Å². The lowest BCUT2D eigenvalue weighted by atomic mass is 9.94. The molecule has 10 heteroatoms. The fourth-order valence-electron chi connectivity index (χ4n) is 3.48. The number of benzene rings is 2. The number of amides is 2. The van der Waals surface area contributed by atoms with Gasteiger partial charge in [-0.3, -0.25) is 9.59 Å². The highest BCUT2D eigenvalue weighted by molar-refractivity contribution is 8.00. The van der Waals surface area contributed by atoms with Crippen molar-refractivity contribution in [1.82, 2.24) is 10.3 Å². The number of carbonyl (C=O) groups is 3. The molecule has 184 valence electrons. The predicted octanol–water partition coefficient (Wildman–Crippen LogP) is 4.96. The van der Waals surface area contributed by atoms with Gasteiger partial charge in [0.2, 0.25) is 5.91 Å². The van der Waals surface area contributed by atoms with Crippen molar-refractivity contribution in [3.63, 3.8) is 0 Å². The molecule has 2 amide bonds. The second kappa shape index (κ2) is 12.8. The van der Waals surface area contributed by atoms with Crippen molar-refractivity contribution in [2.75, 3.05) is 23.6 Å². The third-order valence-corrected chi connectivity index (χ3v) is 7.80. The number of nitrogens with one attached hydrogen (secondary N) is 2. The van der Waals surface area contributed by atoms with Crippen molar-refractivity contribution < 1.29 is 19.5 Å². The van der Waals surface area contributed by atoms with Gasteiger partial charge in [-0.15, -0.1) is 11.3 Å². The van der Waals surface area contributed by atoms with Gasteiger partial charge in [-0.05, 0) is 66.5 Å². The Balaban J connectivity index is 1.88. The van der Waals surface area contributed by atoms with Gasteiger partial charge in [0.1, 0.15) is 10.4 Å². The molecule has 0 radical (unpaired) electrons. The second-order valence-corrected chi connectivity index (χ2v) is 10.7. The summed E-state index contributed by atoms with van der Waals surface area (Å²) in [5, 5.41) is 16.9. The number of carboxylic acids is 1. The molecule has 7 nitrogen and oxygen atoms in total. The van der Waals surface area contributed by atoms with Crippen LogP contribution in [-0.4, -0.2) is 52.2 Å². The number of carboxylic acid groups (broad SMARTS) is 1. The van der Waals surface area contributed by atoms with Gasteiger partial charge in [-0.2, -0.15) is 11.8 Å². The summed E-state index contributed by atoms with van der Waals surface area (Å²) >= 11 is 4.56. The molecule has 0 fully saturated rings. The molecular weight excluding hydrogens is 502 g/mol. The summed E-state index contributed by atoms with van der Waals surface area (Å²) < 4.78 is 0.905. The molecule has 1 aromatic heterocycles. The first-order valence-corrected chi connectivity index (χ1v) is 14.3. The van der Waals surface area contributed by atoms with E-state index in [-0.39, 0.29) is 12.3 Å². The van der Waals surface area contributed by atoms with E-state index in [9.17, 15) is 19.5 Å². The number of thioether (sulfide) groups is 2. The van der Waals surface area contributed by atoms with E-state index in [1.165, 1.54) is 34.9 Å². The summed E-state index contributed by atoms with van der Waals surface area (Å²) in [5.41, 5.74) is 3.99. The van der Waals surface area contributed by atoms with Gasteiger partial charge < -0.3 is 15.7 Å². The van der Waals surface area contributed by atoms with Crippen LogP contribution in [0.15, 0.2) is 52.2 Å². The maximum absolute atomic E-state index is 13.2. The first-order valence-electron chi connectivity index (χ1n) is 10.8. The van der Waals surface area contributed by atoms with Crippen molar-refractivity contribution in [2.24, 2.45) is 0 Å². The minimum atomic E-state index is -1.07. The van der Waals surface area contributed by atoms with Crippen LogP contribution in [0.25, 0.3) is 11.1 Å². The molecule has 0 aliphatic rings. The van der Waals surface area contributed by atoms with E-state index in [4.69, 9.17) is 0 Å². The number of hydrogen-bond acceptors (Lipinski definition) is 7. The van der Waals surface area contributed by atoms with Crippen molar-refractivity contribution in [3.8, 4) is 11.1 Å². The van der Waals surface area contributed by atoms with Crippen molar-refractivity contribution in [3.05, 3.63) is 64.7 Å². The Morgan fingerprint density at radius 1 is 1.11 bits per heavy atom. The quantitative estimate of drug-likeness (QED) is 0.301. The summed E-state index contributed by atoms with van der Waals surface area (Å²) in [7, 11) is 0. The fourth-order valence-corrected chi connectivity index (χ4v) is 5.23. The molecule has 0 aliphatic heterocycles. The molecule has 2 aromatic carbocycles. The van der Waals surface area contributed by atoms with E-state index in [2.05, 4.69) is 15.6 Å². The van der Waals surface area contributed by atoms with Crippen LogP contribution in [0.3, 0.4) is 0 Å². The molecule has 0 bridgehead atoms. The predicted molar refractivity (Wildman–Crippen MR) is 145 cm³/mol. The highest BCUT2D eigenvalue weighted by atomic mass is 32.2. The van der Waals surface area contributed by atoms with E-state index < -0.39 is 17.9 Å². The number of carbonyl (C=O) groups excluding carboxylic acids is 2. The van der Waals surface area contributed by atoms with E-state index in [0.29, 0.717) is 34.7 Å². The Hall–Kier alpha value is -2.82. The summed E-state index contributed by atoms with van der Waals surface area (Å²) in [6.07, 6.45) is 4.30. The Bertz CT molecular complexity index is 1210. The van der Waals surface area contributed by atoms with Crippen LogP contribution in [0.5, 0.6) is 0 Å². The third-order valence-electron chi connectivity index (χ3n) is 5.24. The maximum atomic E-state index is 13.2. The van der Waals surface area contributed by atoms with Crippen LogP contribution in [-0.2, 0) is 16.0 Å². The van der Waals surface area contributed by atoms with Crippen LogP contribution in [0.2, 0.25) is 0 Å². The van der Waals surface area contributed by atoms with Gasteiger partial charge >= 0.3 is 5.97 Å². The number of aromatic nitrogens is 1. The van der Waals surface area contributed by atoms with Crippen molar-refractivity contribution in [2.45, 2.75) is 30.1 Å². The average molecular weight is 530 g/mol. The maximum Gasteiger partial charge on any atom is 0.326 e. The van der Waals surface area contributed by atoms with Gasteiger partial charge in [0.15, 0.2) is 0 Å². The Morgan fingerprint density at radius 2 is 1.89 bits per heavy atom. The number of aryl methyl sites for hydroxylation is 1. The Morgan fingerprint density at radius 3 is 2.54 bits per heavy atom. The molecule has 3 N–H and O–H groups in total. The fraction of sp³-hybridized carbons (Fsp3) is 0.280. The molecule has 0 aliphatic carbocycles. The molecule has 1 heterocycles. The lowest BCUT2D eigenvalue weighted by molar-refractivity contribution is -0.139. The van der Waals surface area contributed by atoms with E-state index >= 15 is 0 Å². The lowest BCUT2D eigenvalue weighted by Crippen LogP contribution is -2.41. The molecule has 0 saturated heterocycles. The zero-order chi connectivity index (χ0) is 25.4. The monoisotopic (exact) mass is 529 g/mol. The lowest BCUT2D eigenvalue weighted by Gasteiger charge is -2.18. The molecule has 0 unspecified atom stereocenters. The third kappa shape index (κ3) is 7.33. The number of rotatable bonds is 11. The second-order valence-electron chi connectivity index (χ2n) is 7.75. The highest BCUT2D eigenvalue weighted by Crippen LogP contribution is 2.30. The van der Waals surface area contributed by atoms with Crippen molar-refractivity contribution >= 4 is 58.3 Å². The van der Waals surface area contributed by atoms with Crippen LogP contribution in [0, 0.1) is 6.92 Å². The van der Waals surface area contributed by atoms with E-state index in [0.717, 1.165) is 15.5 Å². The average Bonchev–Trinajstić information content (AvgIpc) is 3.29. The molecule has 3 aromatic rings. The summed E-state index contributed by atoms with van der Waals surface area (Å²) in [5.74, 6) is -1.13. The van der Waals surface area contributed by atoms with Gasteiger partial charge in [-0.25, -0.2) is 9.78 Å². The smallest absolute Gasteiger partial charge is 0.326 e.